The Balaban J connectivity index is 2.43. The third-order valence-corrected chi connectivity index (χ3v) is 3.52. The molecular formula is C16H11BrClFO3. The normalized spacial score (nSPS) is 10.3. The van der Waals surface area contributed by atoms with E-state index < -0.39 is 18.4 Å². The van der Waals surface area contributed by atoms with Crippen molar-refractivity contribution in [2.45, 2.75) is 0 Å². The van der Waals surface area contributed by atoms with Crippen molar-refractivity contribution in [2.24, 2.45) is 0 Å². The molecule has 2 aromatic rings. The van der Waals surface area contributed by atoms with Crippen molar-refractivity contribution >= 4 is 39.1 Å². The average molecular weight is 386 g/mol. The van der Waals surface area contributed by atoms with Crippen LogP contribution >= 0.6 is 27.5 Å². The van der Waals surface area contributed by atoms with Gasteiger partial charge in [0.15, 0.2) is 6.61 Å². The zero-order valence-electron chi connectivity index (χ0n) is 11.3. The van der Waals surface area contributed by atoms with Gasteiger partial charge in [0.25, 0.3) is 0 Å². The lowest BCUT2D eigenvalue weighted by molar-refractivity contribution is -0.139. The van der Waals surface area contributed by atoms with Crippen molar-refractivity contribution in [3.63, 3.8) is 0 Å². The number of carboxylic acid groups (broad SMARTS) is 1. The van der Waals surface area contributed by atoms with E-state index in [1.807, 2.05) is 0 Å². The summed E-state index contributed by atoms with van der Waals surface area (Å²) < 4.78 is 19.3. The van der Waals surface area contributed by atoms with Gasteiger partial charge in [0.1, 0.15) is 11.6 Å². The Bertz CT molecular complexity index is 726. The van der Waals surface area contributed by atoms with Crippen LogP contribution < -0.4 is 4.74 Å². The largest absolute Gasteiger partial charge is 0.481 e. The summed E-state index contributed by atoms with van der Waals surface area (Å²) >= 11 is 9.20. The van der Waals surface area contributed by atoms with Crippen molar-refractivity contribution in [1.82, 2.24) is 0 Å². The first-order chi connectivity index (χ1) is 10.4. The Labute approximate surface area is 140 Å². The molecule has 6 heteroatoms. The molecule has 1 N–H and O–H groups in total. The van der Waals surface area contributed by atoms with Crippen LogP contribution in [-0.2, 0) is 4.79 Å². The molecule has 2 aromatic carbocycles. The topological polar surface area (TPSA) is 46.5 Å². The third kappa shape index (κ3) is 4.08. The first-order valence-corrected chi connectivity index (χ1v) is 7.34. The summed E-state index contributed by atoms with van der Waals surface area (Å²) in [6, 6.07) is 9.09. The Morgan fingerprint density at radius 3 is 2.68 bits per heavy atom. The fraction of sp³-hybridized carbons (Fsp3) is 0.0625. The molecule has 0 aliphatic heterocycles. The maximum Gasteiger partial charge on any atom is 0.341 e. The third-order valence-electron chi connectivity index (χ3n) is 2.83. The minimum absolute atomic E-state index is 0.317. The molecule has 0 fully saturated rings. The minimum Gasteiger partial charge on any atom is -0.481 e. The summed E-state index contributed by atoms with van der Waals surface area (Å²) in [7, 11) is 0. The van der Waals surface area contributed by atoms with E-state index >= 15 is 0 Å². The number of carbonyl (C=O) groups is 1. The molecule has 0 amide bonds. The zero-order valence-corrected chi connectivity index (χ0v) is 13.6. The minimum atomic E-state index is -1.10. The van der Waals surface area contributed by atoms with Crippen LogP contribution in [0.15, 0.2) is 47.4 Å². The molecule has 0 unspecified atom stereocenters. The van der Waals surface area contributed by atoms with Gasteiger partial charge in [0, 0.05) is 15.1 Å². The fourth-order valence-electron chi connectivity index (χ4n) is 1.89. The second kappa shape index (κ2) is 6.94. The van der Waals surface area contributed by atoms with Gasteiger partial charge in [0.2, 0.25) is 0 Å². The van der Waals surface area contributed by atoms with Gasteiger partial charge >= 0.3 is 5.97 Å². The quantitative estimate of drug-likeness (QED) is 0.807. The summed E-state index contributed by atoms with van der Waals surface area (Å²) in [5.41, 5.74) is 1.52. The van der Waals surface area contributed by atoms with Crippen LogP contribution in [0.3, 0.4) is 0 Å². The van der Waals surface area contributed by atoms with Crippen LogP contribution in [0, 0.1) is 5.82 Å². The molecule has 0 spiro atoms. The standard InChI is InChI=1S/C16H11BrClFO3/c1-9(10-4-11(17)6-13(19)5-10)14-7-12(18)2-3-15(14)22-8-16(20)21/h2-7H,1,8H2,(H,20,21). The van der Waals surface area contributed by atoms with Crippen LogP contribution in [-0.4, -0.2) is 17.7 Å². The van der Waals surface area contributed by atoms with E-state index in [2.05, 4.69) is 22.5 Å². The molecule has 0 saturated carbocycles. The van der Waals surface area contributed by atoms with Gasteiger partial charge in [0.05, 0.1) is 0 Å². The number of ether oxygens (including phenoxy) is 1. The molecule has 0 aliphatic rings. The van der Waals surface area contributed by atoms with Gasteiger partial charge in [-0.25, -0.2) is 9.18 Å². The Morgan fingerprint density at radius 2 is 2.05 bits per heavy atom. The maximum absolute atomic E-state index is 13.5. The lowest BCUT2D eigenvalue weighted by Crippen LogP contribution is -2.10. The predicted molar refractivity (Wildman–Crippen MR) is 86.8 cm³/mol. The maximum atomic E-state index is 13.5. The monoisotopic (exact) mass is 384 g/mol. The molecule has 0 atom stereocenters. The summed E-state index contributed by atoms with van der Waals surface area (Å²) in [4.78, 5) is 10.7. The summed E-state index contributed by atoms with van der Waals surface area (Å²) in [5, 5.41) is 9.16. The Hall–Kier alpha value is -1.85. The lowest BCUT2D eigenvalue weighted by Gasteiger charge is -2.13. The molecule has 0 saturated heterocycles. The van der Waals surface area contributed by atoms with Crippen LogP contribution in [0.4, 0.5) is 4.39 Å². The molecule has 0 radical (unpaired) electrons. The smallest absolute Gasteiger partial charge is 0.341 e. The Morgan fingerprint density at radius 1 is 1.32 bits per heavy atom. The number of carboxylic acids is 1. The molecule has 0 aromatic heterocycles. The van der Waals surface area contributed by atoms with Crippen molar-refractivity contribution in [3.8, 4) is 5.75 Å². The van der Waals surface area contributed by atoms with Gasteiger partial charge in [-0.15, -0.1) is 0 Å². The Kier molecular flexibility index (Phi) is 5.21. The van der Waals surface area contributed by atoms with Crippen molar-refractivity contribution in [2.75, 3.05) is 6.61 Å². The van der Waals surface area contributed by atoms with Crippen molar-refractivity contribution < 1.29 is 19.0 Å². The summed E-state index contributed by atoms with van der Waals surface area (Å²) in [5.74, 6) is -1.20. The van der Waals surface area contributed by atoms with Crippen LogP contribution in [0.5, 0.6) is 5.75 Å². The first kappa shape index (κ1) is 16.5. The SMILES string of the molecule is C=C(c1cc(F)cc(Br)c1)c1cc(Cl)ccc1OCC(=O)O. The molecule has 0 aliphatic carbocycles. The van der Waals surface area contributed by atoms with Crippen molar-refractivity contribution in [1.29, 1.82) is 0 Å². The lowest BCUT2D eigenvalue weighted by atomic mass is 9.98. The van der Waals surface area contributed by atoms with Gasteiger partial charge in [-0.3, -0.25) is 0 Å². The molecule has 2 rings (SSSR count). The van der Waals surface area contributed by atoms with Gasteiger partial charge in [-0.1, -0.05) is 34.1 Å². The van der Waals surface area contributed by atoms with E-state index in [1.54, 1.807) is 24.3 Å². The second-order valence-electron chi connectivity index (χ2n) is 4.46. The molecule has 3 nitrogen and oxygen atoms in total. The number of hydrogen-bond acceptors (Lipinski definition) is 2. The molecule has 0 heterocycles. The molecule has 114 valence electrons. The van der Waals surface area contributed by atoms with Crippen molar-refractivity contribution in [3.05, 3.63) is 69.4 Å². The van der Waals surface area contributed by atoms with E-state index in [-0.39, 0.29) is 0 Å². The molecular weight excluding hydrogens is 375 g/mol. The van der Waals surface area contributed by atoms with Crippen LogP contribution in [0.25, 0.3) is 5.57 Å². The zero-order chi connectivity index (χ0) is 16.3. The van der Waals surface area contributed by atoms with Crippen LogP contribution in [0.2, 0.25) is 5.02 Å². The van der Waals surface area contributed by atoms with E-state index in [0.29, 0.717) is 31.9 Å². The highest BCUT2D eigenvalue weighted by atomic mass is 79.9. The number of rotatable bonds is 5. The highest BCUT2D eigenvalue weighted by Gasteiger charge is 2.13. The van der Waals surface area contributed by atoms with Crippen LogP contribution in [0.1, 0.15) is 11.1 Å². The average Bonchev–Trinajstić information content (AvgIpc) is 2.44. The highest BCUT2D eigenvalue weighted by Crippen LogP contribution is 2.33. The second-order valence-corrected chi connectivity index (χ2v) is 5.81. The summed E-state index contributed by atoms with van der Waals surface area (Å²) in [6.07, 6.45) is 0. The number of benzene rings is 2. The molecule has 22 heavy (non-hydrogen) atoms. The fourth-order valence-corrected chi connectivity index (χ4v) is 2.52. The van der Waals surface area contributed by atoms with E-state index in [0.717, 1.165) is 0 Å². The van der Waals surface area contributed by atoms with Gasteiger partial charge < -0.3 is 9.84 Å². The highest BCUT2D eigenvalue weighted by molar-refractivity contribution is 9.10. The summed E-state index contributed by atoms with van der Waals surface area (Å²) in [6.45, 7) is 3.44. The predicted octanol–water partition coefficient (Wildman–Crippen LogP) is 4.77. The van der Waals surface area contributed by atoms with E-state index in [4.69, 9.17) is 21.4 Å². The van der Waals surface area contributed by atoms with E-state index in [9.17, 15) is 9.18 Å². The first-order valence-electron chi connectivity index (χ1n) is 6.16. The number of halogens is 3. The number of aliphatic carboxylic acids is 1. The molecule has 0 bridgehead atoms. The van der Waals surface area contributed by atoms with Gasteiger partial charge in [-0.2, -0.15) is 0 Å². The van der Waals surface area contributed by atoms with E-state index in [1.165, 1.54) is 12.1 Å². The van der Waals surface area contributed by atoms with Gasteiger partial charge in [-0.05, 0) is 47.5 Å². The number of hydrogen-bond donors (Lipinski definition) is 1.